The zero-order chi connectivity index (χ0) is 14.7. The maximum Gasteiger partial charge on any atom is 0.260 e. The third-order valence-corrected chi connectivity index (χ3v) is 3.80. The van der Waals surface area contributed by atoms with E-state index in [1.807, 2.05) is 32.2 Å². The largest absolute Gasteiger partial charge is 0.483 e. The Labute approximate surface area is 124 Å². The molecular formula is C15H21ClN2O2. The van der Waals surface area contributed by atoms with Crippen LogP contribution >= 0.6 is 11.6 Å². The number of benzene rings is 1. The number of likely N-dealkylation sites (N-methyl/N-ethyl adjacent to an activating group) is 1. The van der Waals surface area contributed by atoms with Crippen molar-refractivity contribution >= 4 is 17.5 Å². The monoisotopic (exact) mass is 296 g/mol. The Kier molecular flexibility index (Phi) is 4.89. The van der Waals surface area contributed by atoms with Crippen LogP contribution in [-0.2, 0) is 11.2 Å². The Bertz CT molecular complexity index is 487. The maximum atomic E-state index is 12.0. The van der Waals surface area contributed by atoms with E-state index in [1.165, 1.54) is 0 Å². The number of carbonyl (C=O) groups excluding carboxylic acids is 1. The van der Waals surface area contributed by atoms with E-state index in [0.29, 0.717) is 23.2 Å². The summed E-state index contributed by atoms with van der Waals surface area (Å²) in [6, 6.07) is 5.84. The molecule has 2 N–H and O–H groups in total. The highest BCUT2D eigenvalue weighted by atomic mass is 35.5. The highest BCUT2D eigenvalue weighted by Gasteiger charge is 2.29. The van der Waals surface area contributed by atoms with Crippen LogP contribution in [-0.4, -0.2) is 36.5 Å². The molecule has 1 aliphatic rings. The zero-order valence-corrected chi connectivity index (χ0v) is 12.7. The van der Waals surface area contributed by atoms with Crippen molar-refractivity contribution < 1.29 is 9.53 Å². The molecule has 1 aliphatic carbocycles. The van der Waals surface area contributed by atoms with Gasteiger partial charge >= 0.3 is 0 Å². The molecule has 1 saturated carbocycles. The first-order chi connectivity index (χ1) is 9.49. The van der Waals surface area contributed by atoms with Gasteiger partial charge in [-0.25, -0.2) is 0 Å². The van der Waals surface area contributed by atoms with Crippen molar-refractivity contribution in [3.05, 3.63) is 28.8 Å². The molecule has 1 atom stereocenters. The first-order valence-electron chi connectivity index (χ1n) is 6.90. The summed E-state index contributed by atoms with van der Waals surface area (Å²) in [5.41, 5.74) is 6.69. The second kappa shape index (κ2) is 6.46. The van der Waals surface area contributed by atoms with E-state index in [1.54, 1.807) is 4.90 Å². The van der Waals surface area contributed by atoms with Crippen molar-refractivity contribution in [3.63, 3.8) is 0 Å². The van der Waals surface area contributed by atoms with Gasteiger partial charge in [0.25, 0.3) is 5.91 Å². The van der Waals surface area contributed by atoms with Crippen molar-refractivity contribution in [1.29, 1.82) is 0 Å². The number of hydrogen-bond donors (Lipinski definition) is 1. The Hall–Kier alpha value is -1.26. The second-order valence-corrected chi connectivity index (χ2v) is 5.83. The molecule has 1 unspecified atom stereocenters. The normalized spacial score (nSPS) is 15.8. The summed E-state index contributed by atoms with van der Waals surface area (Å²) in [5, 5.41) is 0.628. The minimum Gasteiger partial charge on any atom is -0.483 e. The number of nitrogens with zero attached hydrogens (tertiary/aromatic N) is 1. The second-order valence-electron chi connectivity index (χ2n) is 5.42. The first kappa shape index (κ1) is 15.1. The van der Waals surface area contributed by atoms with Gasteiger partial charge in [0.1, 0.15) is 5.75 Å². The van der Waals surface area contributed by atoms with E-state index in [2.05, 4.69) is 0 Å². The SMILES string of the molecule is CC(N)Cc1c(Cl)cccc1OCC(=O)N(C)C1CC1. The zero-order valence-electron chi connectivity index (χ0n) is 11.9. The molecule has 20 heavy (non-hydrogen) atoms. The Morgan fingerprint density at radius 3 is 2.85 bits per heavy atom. The smallest absolute Gasteiger partial charge is 0.260 e. The maximum absolute atomic E-state index is 12.0. The molecule has 0 radical (unpaired) electrons. The van der Waals surface area contributed by atoms with Crippen LogP contribution < -0.4 is 10.5 Å². The molecule has 0 heterocycles. The summed E-state index contributed by atoms with van der Waals surface area (Å²) < 4.78 is 5.65. The first-order valence-corrected chi connectivity index (χ1v) is 7.28. The predicted molar refractivity (Wildman–Crippen MR) is 80.1 cm³/mol. The van der Waals surface area contributed by atoms with Crippen LogP contribution in [0.1, 0.15) is 25.3 Å². The number of ether oxygens (including phenoxy) is 1. The quantitative estimate of drug-likeness (QED) is 0.876. The molecule has 0 aliphatic heterocycles. The summed E-state index contributed by atoms with van der Waals surface area (Å²) in [4.78, 5) is 13.7. The average Bonchev–Trinajstić information content (AvgIpc) is 3.22. The minimum atomic E-state index is -0.0120. The molecule has 5 heteroatoms. The molecule has 1 aromatic carbocycles. The highest BCUT2D eigenvalue weighted by molar-refractivity contribution is 6.31. The van der Waals surface area contributed by atoms with Crippen LogP contribution in [0.5, 0.6) is 5.75 Å². The van der Waals surface area contributed by atoms with Crippen molar-refractivity contribution in [3.8, 4) is 5.75 Å². The standard InChI is InChI=1S/C15H21ClN2O2/c1-10(17)8-12-13(16)4-3-5-14(12)20-9-15(19)18(2)11-6-7-11/h3-5,10-11H,6-9,17H2,1-2H3. The molecule has 0 bridgehead atoms. The van der Waals surface area contributed by atoms with E-state index in [0.717, 1.165) is 18.4 Å². The van der Waals surface area contributed by atoms with Crippen LogP contribution in [0.25, 0.3) is 0 Å². The van der Waals surface area contributed by atoms with E-state index >= 15 is 0 Å². The van der Waals surface area contributed by atoms with Crippen LogP contribution in [0.3, 0.4) is 0 Å². The number of amides is 1. The molecule has 2 rings (SSSR count). The van der Waals surface area contributed by atoms with Crippen molar-refractivity contribution in [2.45, 2.75) is 38.3 Å². The van der Waals surface area contributed by atoms with Gasteiger partial charge in [0.2, 0.25) is 0 Å². The Morgan fingerprint density at radius 2 is 2.25 bits per heavy atom. The number of carbonyl (C=O) groups is 1. The molecule has 0 spiro atoms. The van der Waals surface area contributed by atoms with Gasteiger partial charge < -0.3 is 15.4 Å². The fraction of sp³-hybridized carbons (Fsp3) is 0.533. The van der Waals surface area contributed by atoms with Gasteiger partial charge in [-0.05, 0) is 38.3 Å². The molecule has 110 valence electrons. The fourth-order valence-corrected chi connectivity index (χ4v) is 2.34. The minimum absolute atomic E-state index is 0.000720. The van der Waals surface area contributed by atoms with E-state index in [4.69, 9.17) is 22.1 Å². The molecule has 1 aromatic rings. The number of hydrogen-bond acceptors (Lipinski definition) is 3. The number of nitrogens with two attached hydrogens (primary N) is 1. The summed E-state index contributed by atoms with van der Waals surface area (Å²) in [6.45, 7) is 1.96. The third-order valence-electron chi connectivity index (χ3n) is 3.44. The lowest BCUT2D eigenvalue weighted by Crippen LogP contribution is -2.33. The lowest BCUT2D eigenvalue weighted by Gasteiger charge is -2.18. The van der Waals surface area contributed by atoms with Crippen LogP contribution in [0.4, 0.5) is 0 Å². The van der Waals surface area contributed by atoms with Gasteiger partial charge in [0, 0.05) is 29.7 Å². The molecule has 1 amide bonds. The molecule has 0 aromatic heterocycles. The van der Waals surface area contributed by atoms with Gasteiger partial charge in [0.15, 0.2) is 6.61 Å². The topological polar surface area (TPSA) is 55.6 Å². The van der Waals surface area contributed by atoms with Crippen molar-refractivity contribution in [2.75, 3.05) is 13.7 Å². The van der Waals surface area contributed by atoms with Crippen LogP contribution in [0, 0.1) is 0 Å². The summed E-state index contributed by atoms with van der Waals surface area (Å²) in [5.74, 6) is 0.645. The van der Waals surface area contributed by atoms with Gasteiger partial charge in [-0.2, -0.15) is 0 Å². The van der Waals surface area contributed by atoms with Gasteiger partial charge in [-0.3, -0.25) is 4.79 Å². The summed E-state index contributed by atoms with van der Waals surface area (Å²) >= 11 is 6.18. The average molecular weight is 297 g/mol. The third kappa shape index (κ3) is 3.87. The summed E-state index contributed by atoms with van der Waals surface area (Å²) in [6.07, 6.45) is 2.81. The van der Waals surface area contributed by atoms with Crippen LogP contribution in [0.2, 0.25) is 5.02 Å². The Balaban J connectivity index is 2.01. The van der Waals surface area contributed by atoms with Crippen LogP contribution in [0.15, 0.2) is 18.2 Å². The highest BCUT2D eigenvalue weighted by Crippen LogP contribution is 2.28. The fourth-order valence-electron chi connectivity index (χ4n) is 2.10. The summed E-state index contributed by atoms with van der Waals surface area (Å²) in [7, 11) is 1.82. The van der Waals surface area contributed by atoms with E-state index in [9.17, 15) is 4.79 Å². The van der Waals surface area contributed by atoms with E-state index < -0.39 is 0 Å². The molecule has 1 fully saturated rings. The number of rotatable bonds is 6. The number of halogens is 1. The van der Waals surface area contributed by atoms with E-state index in [-0.39, 0.29) is 18.6 Å². The molecule has 4 nitrogen and oxygen atoms in total. The molecule has 0 saturated heterocycles. The van der Waals surface area contributed by atoms with Crippen molar-refractivity contribution in [1.82, 2.24) is 4.90 Å². The lowest BCUT2D eigenvalue weighted by molar-refractivity contribution is -0.132. The lowest BCUT2D eigenvalue weighted by atomic mass is 10.1. The van der Waals surface area contributed by atoms with Gasteiger partial charge in [0.05, 0.1) is 0 Å². The van der Waals surface area contributed by atoms with Gasteiger partial charge in [-0.1, -0.05) is 17.7 Å². The molecular weight excluding hydrogens is 276 g/mol. The Morgan fingerprint density at radius 1 is 1.55 bits per heavy atom. The van der Waals surface area contributed by atoms with Gasteiger partial charge in [-0.15, -0.1) is 0 Å². The predicted octanol–water partition coefficient (Wildman–Crippen LogP) is 2.23. The van der Waals surface area contributed by atoms with Crippen molar-refractivity contribution in [2.24, 2.45) is 5.73 Å².